The minimum Gasteiger partial charge on any atom is -0.506 e. The molecule has 3 aromatic carbocycles. The van der Waals surface area contributed by atoms with E-state index in [0.717, 1.165) is 11.3 Å². The van der Waals surface area contributed by atoms with Crippen molar-refractivity contribution in [1.29, 1.82) is 0 Å². The molecule has 0 aliphatic heterocycles. The Kier molecular flexibility index (Phi) is 6.18. The molecule has 0 saturated heterocycles. The molecular formula is C23H20N4O3S. The molecule has 0 fully saturated rings. The van der Waals surface area contributed by atoms with Crippen LogP contribution in [-0.2, 0) is 4.79 Å². The van der Waals surface area contributed by atoms with Gasteiger partial charge >= 0.3 is 0 Å². The summed E-state index contributed by atoms with van der Waals surface area (Å²) in [5, 5.41) is 21.8. The molecule has 4 rings (SSSR count). The van der Waals surface area contributed by atoms with E-state index >= 15 is 0 Å². The van der Waals surface area contributed by atoms with Gasteiger partial charge in [0.1, 0.15) is 11.5 Å². The van der Waals surface area contributed by atoms with Crippen molar-refractivity contribution in [2.24, 2.45) is 0 Å². The van der Waals surface area contributed by atoms with E-state index in [2.05, 4.69) is 15.5 Å². The Labute approximate surface area is 183 Å². The number of carbonyl (C=O) groups is 1. The third-order valence-corrected chi connectivity index (χ3v) is 5.43. The van der Waals surface area contributed by atoms with Crippen LogP contribution in [0.3, 0.4) is 0 Å². The third kappa shape index (κ3) is 4.54. The maximum Gasteiger partial charge on any atom is 0.234 e. The van der Waals surface area contributed by atoms with Crippen LogP contribution < -0.4 is 10.1 Å². The number of thioether (sulfide) groups is 1. The number of rotatable bonds is 7. The van der Waals surface area contributed by atoms with E-state index in [1.54, 1.807) is 25.3 Å². The Morgan fingerprint density at radius 2 is 1.71 bits per heavy atom. The smallest absolute Gasteiger partial charge is 0.234 e. The number of phenolic OH excluding ortho intramolecular Hbond substituents is 1. The van der Waals surface area contributed by atoms with E-state index in [-0.39, 0.29) is 17.4 Å². The Balaban J connectivity index is 1.64. The Hall–Kier alpha value is -3.78. The zero-order valence-corrected chi connectivity index (χ0v) is 17.5. The molecular weight excluding hydrogens is 412 g/mol. The van der Waals surface area contributed by atoms with Crippen LogP contribution in [0.25, 0.3) is 17.1 Å². The largest absolute Gasteiger partial charge is 0.506 e. The highest BCUT2D eigenvalue weighted by Crippen LogP contribution is 2.32. The van der Waals surface area contributed by atoms with Crippen molar-refractivity contribution in [3.05, 3.63) is 78.9 Å². The minimum absolute atomic E-state index is 0.0180. The van der Waals surface area contributed by atoms with Crippen molar-refractivity contribution in [1.82, 2.24) is 14.8 Å². The Bertz CT molecular complexity index is 1190. The van der Waals surface area contributed by atoms with Crippen LogP contribution in [-0.4, -0.2) is 38.6 Å². The molecule has 2 N–H and O–H groups in total. The number of methoxy groups -OCH3 is 1. The Morgan fingerprint density at radius 1 is 1.00 bits per heavy atom. The molecule has 1 heterocycles. The van der Waals surface area contributed by atoms with E-state index in [0.29, 0.717) is 22.4 Å². The van der Waals surface area contributed by atoms with Crippen molar-refractivity contribution < 1.29 is 14.6 Å². The SMILES string of the molecule is COc1ccccc1-n1c(SCC(=O)Nc2ccccc2O)nnc1-c1ccccc1. The van der Waals surface area contributed by atoms with Crippen molar-refractivity contribution >= 4 is 23.4 Å². The van der Waals surface area contributed by atoms with Crippen LogP contribution >= 0.6 is 11.8 Å². The van der Waals surface area contributed by atoms with Crippen LogP contribution in [0.15, 0.2) is 84.0 Å². The van der Waals surface area contributed by atoms with E-state index in [1.807, 2.05) is 59.2 Å². The number of amides is 1. The first kappa shape index (κ1) is 20.5. The number of aromatic nitrogens is 3. The molecule has 1 aromatic heterocycles. The number of para-hydroxylation sites is 4. The average molecular weight is 433 g/mol. The monoisotopic (exact) mass is 432 g/mol. The zero-order chi connectivity index (χ0) is 21.6. The molecule has 7 nitrogen and oxygen atoms in total. The van der Waals surface area contributed by atoms with Gasteiger partial charge in [0.15, 0.2) is 11.0 Å². The second-order valence-electron chi connectivity index (χ2n) is 6.53. The number of carbonyl (C=O) groups excluding carboxylic acids is 1. The van der Waals surface area contributed by atoms with Crippen LogP contribution in [0.2, 0.25) is 0 Å². The fourth-order valence-corrected chi connectivity index (χ4v) is 3.81. The first-order valence-electron chi connectivity index (χ1n) is 9.52. The topological polar surface area (TPSA) is 89.3 Å². The highest BCUT2D eigenvalue weighted by molar-refractivity contribution is 7.99. The number of benzene rings is 3. The number of aromatic hydroxyl groups is 1. The second kappa shape index (κ2) is 9.36. The molecule has 0 aliphatic rings. The number of anilines is 1. The maximum absolute atomic E-state index is 12.5. The van der Waals surface area contributed by atoms with Gasteiger partial charge in [0, 0.05) is 5.56 Å². The quantitative estimate of drug-likeness (QED) is 0.333. The average Bonchev–Trinajstić information content (AvgIpc) is 3.23. The molecule has 0 atom stereocenters. The maximum atomic E-state index is 12.5. The molecule has 0 saturated carbocycles. The van der Waals surface area contributed by atoms with Crippen molar-refractivity contribution in [3.63, 3.8) is 0 Å². The fourth-order valence-electron chi connectivity index (χ4n) is 3.07. The summed E-state index contributed by atoms with van der Waals surface area (Å²) < 4.78 is 7.42. The van der Waals surface area contributed by atoms with E-state index in [1.165, 1.54) is 17.8 Å². The van der Waals surface area contributed by atoms with Crippen LogP contribution in [0.5, 0.6) is 11.5 Å². The van der Waals surface area contributed by atoms with Gasteiger partial charge in [-0.05, 0) is 24.3 Å². The van der Waals surface area contributed by atoms with Gasteiger partial charge in [-0.2, -0.15) is 0 Å². The molecule has 31 heavy (non-hydrogen) atoms. The summed E-state index contributed by atoms with van der Waals surface area (Å²) in [6, 6.07) is 23.9. The first-order chi connectivity index (χ1) is 15.2. The third-order valence-electron chi connectivity index (χ3n) is 4.50. The lowest BCUT2D eigenvalue weighted by atomic mass is 10.2. The lowest BCUT2D eigenvalue weighted by Crippen LogP contribution is -2.14. The zero-order valence-electron chi connectivity index (χ0n) is 16.7. The van der Waals surface area contributed by atoms with Crippen molar-refractivity contribution in [3.8, 4) is 28.6 Å². The lowest BCUT2D eigenvalue weighted by Gasteiger charge is -2.14. The van der Waals surface area contributed by atoms with Crippen molar-refractivity contribution in [2.45, 2.75) is 5.16 Å². The van der Waals surface area contributed by atoms with Crippen LogP contribution in [0, 0.1) is 0 Å². The Morgan fingerprint density at radius 3 is 2.48 bits per heavy atom. The number of nitrogens with zero attached hydrogens (tertiary/aromatic N) is 3. The van der Waals surface area contributed by atoms with Crippen LogP contribution in [0.1, 0.15) is 0 Å². The summed E-state index contributed by atoms with van der Waals surface area (Å²) in [6.45, 7) is 0. The van der Waals surface area contributed by atoms with Gasteiger partial charge in [-0.1, -0.05) is 66.4 Å². The van der Waals surface area contributed by atoms with E-state index in [4.69, 9.17) is 4.74 Å². The highest BCUT2D eigenvalue weighted by atomic mass is 32.2. The normalized spacial score (nSPS) is 10.6. The fraction of sp³-hybridized carbons (Fsp3) is 0.0870. The van der Waals surface area contributed by atoms with Gasteiger partial charge < -0.3 is 15.2 Å². The number of nitrogens with one attached hydrogen (secondary N) is 1. The number of hydrogen-bond acceptors (Lipinski definition) is 6. The van der Waals surface area contributed by atoms with E-state index < -0.39 is 0 Å². The predicted molar refractivity (Wildman–Crippen MR) is 121 cm³/mol. The summed E-state index contributed by atoms with van der Waals surface area (Å²) in [4.78, 5) is 12.5. The standard InChI is InChI=1S/C23H20N4O3S/c1-30-20-14-8-6-12-18(20)27-22(16-9-3-2-4-10-16)25-26-23(27)31-15-21(29)24-17-11-5-7-13-19(17)28/h2-14,28H,15H2,1H3,(H,24,29). The molecule has 0 spiro atoms. The van der Waals surface area contributed by atoms with Gasteiger partial charge in [-0.25, -0.2) is 0 Å². The molecule has 0 bridgehead atoms. The summed E-state index contributed by atoms with van der Waals surface area (Å²) in [7, 11) is 1.61. The summed E-state index contributed by atoms with van der Waals surface area (Å²) >= 11 is 1.25. The van der Waals surface area contributed by atoms with Gasteiger partial charge in [0.25, 0.3) is 0 Å². The summed E-state index contributed by atoms with van der Waals surface area (Å²) in [5.41, 5.74) is 2.04. The molecule has 0 aliphatic carbocycles. The predicted octanol–water partition coefficient (Wildman–Crippen LogP) is 4.38. The highest BCUT2D eigenvalue weighted by Gasteiger charge is 2.19. The molecule has 1 amide bonds. The molecule has 156 valence electrons. The van der Waals surface area contributed by atoms with Crippen LogP contribution in [0.4, 0.5) is 5.69 Å². The molecule has 4 aromatic rings. The van der Waals surface area contributed by atoms with E-state index in [9.17, 15) is 9.90 Å². The lowest BCUT2D eigenvalue weighted by molar-refractivity contribution is -0.113. The van der Waals surface area contributed by atoms with Gasteiger partial charge in [0.2, 0.25) is 5.91 Å². The molecule has 0 unspecified atom stereocenters. The molecule has 8 heteroatoms. The summed E-state index contributed by atoms with van der Waals surface area (Å²) in [5.74, 6) is 1.16. The first-order valence-corrected chi connectivity index (χ1v) is 10.5. The van der Waals surface area contributed by atoms with Gasteiger partial charge in [0.05, 0.1) is 24.2 Å². The summed E-state index contributed by atoms with van der Waals surface area (Å²) in [6.07, 6.45) is 0. The minimum atomic E-state index is -0.262. The van der Waals surface area contributed by atoms with Crippen molar-refractivity contribution in [2.75, 3.05) is 18.2 Å². The van der Waals surface area contributed by atoms with Gasteiger partial charge in [-0.3, -0.25) is 9.36 Å². The van der Waals surface area contributed by atoms with Gasteiger partial charge in [-0.15, -0.1) is 10.2 Å². The number of hydrogen-bond donors (Lipinski definition) is 2. The molecule has 0 radical (unpaired) electrons. The number of ether oxygens (including phenoxy) is 1. The number of phenols is 1. The second-order valence-corrected chi connectivity index (χ2v) is 7.48.